The number of ether oxygens (including phenoxy) is 1. The van der Waals surface area contributed by atoms with Crippen molar-refractivity contribution in [2.75, 3.05) is 31.8 Å². The van der Waals surface area contributed by atoms with Gasteiger partial charge in [0.05, 0.1) is 12.6 Å². The lowest BCUT2D eigenvalue weighted by molar-refractivity contribution is -0.132. The number of carbonyl (C=O) groups excluding carboxylic acids is 3. The number of nitrogens with one attached hydrogen (secondary N) is 1. The standard InChI is InChI=1S/C23H44N2O4S/c1-6-19(10-13-30-14-12-29-5)23(28)25-21(15-17(2)3)22(27)16-20(18(4)26)9-7-8-11-24/h17,19-21H,6-16,24H2,1-5H3,(H,25,28)/t19-,20+,21-/m0/s1. The van der Waals surface area contributed by atoms with Crippen molar-refractivity contribution in [1.29, 1.82) is 0 Å². The highest BCUT2D eigenvalue weighted by Gasteiger charge is 2.28. The molecule has 176 valence electrons. The van der Waals surface area contributed by atoms with Crippen LogP contribution in [-0.4, -0.2) is 55.3 Å². The Morgan fingerprint density at radius 1 is 1.07 bits per heavy atom. The van der Waals surface area contributed by atoms with Crippen LogP contribution in [0, 0.1) is 17.8 Å². The number of unbranched alkanes of at least 4 members (excludes halogenated alkanes) is 1. The van der Waals surface area contributed by atoms with E-state index in [1.54, 1.807) is 25.8 Å². The smallest absolute Gasteiger partial charge is 0.223 e. The van der Waals surface area contributed by atoms with Gasteiger partial charge >= 0.3 is 0 Å². The first-order valence-electron chi connectivity index (χ1n) is 11.4. The van der Waals surface area contributed by atoms with Gasteiger partial charge < -0.3 is 15.8 Å². The van der Waals surface area contributed by atoms with Gasteiger partial charge in [0, 0.05) is 31.1 Å². The lowest BCUT2D eigenvalue weighted by Crippen LogP contribution is -2.45. The summed E-state index contributed by atoms with van der Waals surface area (Å²) in [6, 6.07) is -0.524. The number of carbonyl (C=O) groups is 3. The van der Waals surface area contributed by atoms with Crippen molar-refractivity contribution in [1.82, 2.24) is 5.32 Å². The Kier molecular flexibility index (Phi) is 17.2. The van der Waals surface area contributed by atoms with E-state index in [1.807, 2.05) is 20.8 Å². The lowest BCUT2D eigenvalue weighted by atomic mass is 9.88. The summed E-state index contributed by atoms with van der Waals surface area (Å²) in [7, 11) is 1.68. The van der Waals surface area contributed by atoms with Crippen molar-refractivity contribution in [3.05, 3.63) is 0 Å². The third-order valence-electron chi connectivity index (χ3n) is 5.35. The van der Waals surface area contributed by atoms with E-state index in [0.717, 1.165) is 37.2 Å². The Labute approximate surface area is 187 Å². The fourth-order valence-electron chi connectivity index (χ4n) is 3.39. The second-order valence-electron chi connectivity index (χ2n) is 8.45. The Hall–Kier alpha value is -0.920. The van der Waals surface area contributed by atoms with Gasteiger partial charge in [0.1, 0.15) is 5.78 Å². The molecule has 0 heterocycles. The van der Waals surface area contributed by atoms with Crippen molar-refractivity contribution in [3.8, 4) is 0 Å². The van der Waals surface area contributed by atoms with Gasteiger partial charge in [-0.1, -0.05) is 27.2 Å². The van der Waals surface area contributed by atoms with Crippen molar-refractivity contribution in [2.45, 2.75) is 78.7 Å². The summed E-state index contributed by atoms with van der Waals surface area (Å²) in [5.74, 6) is 1.66. The summed E-state index contributed by atoms with van der Waals surface area (Å²) in [4.78, 5) is 37.8. The lowest BCUT2D eigenvalue weighted by Gasteiger charge is -2.24. The first-order valence-corrected chi connectivity index (χ1v) is 12.5. The van der Waals surface area contributed by atoms with E-state index in [-0.39, 0.29) is 41.6 Å². The highest BCUT2D eigenvalue weighted by molar-refractivity contribution is 7.99. The third kappa shape index (κ3) is 13.4. The van der Waals surface area contributed by atoms with Crippen LogP contribution in [-0.2, 0) is 19.1 Å². The van der Waals surface area contributed by atoms with E-state index in [1.165, 1.54) is 0 Å². The fourth-order valence-corrected chi connectivity index (χ4v) is 4.33. The topological polar surface area (TPSA) is 98.5 Å². The molecule has 0 saturated carbocycles. The Morgan fingerprint density at radius 2 is 1.77 bits per heavy atom. The van der Waals surface area contributed by atoms with E-state index in [2.05, 4.69) is 5.32 Å². The number of ketones is 2. The van der Waals surface area contributed by atoms with Crippen molar-refractivity contribution in [2.24, 2.45) is 23.5 Å². The largest absolute Gasteiger partial charge is 0.384 e. The molecular formula is C23H44N2O4S. The molecule has 1 amide bonds. The van der Waals surface area contributed by atoms with Crippen molar-refractivity contribution in [3.63, 3.8) is 0 Å². The third-order valence-corrected chi connectivity index (χ3v) is 6.33. The zero-order valence-corrected chi connectivity index (χ0v) is 20.5. The van der Waals surface area contributed by atoms with Crippen LogP contribution in [0.3, 0.4) is 0 Å². The Balaban J connectivity index is 4.91. The van der Waals surface area contributed by atoms with Crippen molar-refractivity contribution >= 4 is 29.2 Å². The van der Waals surface area contributed by atoms with E-state index < -0.39 is 6.04 Å². The number of nitrogens with two attached hydrogens (primary N) is 1. The van der Waals surface area contributed by atoms with E-state index in [9.17, 15) is 14.4 Å². The van der Waals surface area contributed by atoms with Crippen LogP contribution < -0.4 is 11.1 Å². The number of methoxy groups -OCH3 is 1. The predicted molar refractivity (Wildman–Crippen MR) is 126 cm³/mol. The van der Waals surface area contributed by atoms with Crippen molar-refractivity contribution < 1.29 is 19.1 Å². The number of rotatable bonds is 19. The van der Waals surface area contributed by atoms with Gasteiger partial charge in [-0.25, -0.2) is 0 Å². The fraction of sp³-hybridized carbons (Fsp3) is 0.870. The number of thioether (sulfide) groups is 1. The molecule has 0 aromatic rings. The van der Waals surface area contributed by atoms with E-state index in [0.29, 0.717) is 26.0 Å². The monoisotopic (exact) mass is 444 g/mol. The van der Waals surface area contributed by atoms with Crippen LogP contribution in [0.1, 0.15) is 72.6 Å². The highest BCUT2D eigenvalue weighted by atomic mass is 32.2. The number of hydrogen-bond acceptors (Lipinski definition) is 6. The second kappa shape index (κ2) is 17.7. The van der Waals surface area contributed by atoms with Gasteiger partial charge in [-0.2, -0.15) is 11.8 Å². The summed E-state index contributed by atoms with van der Waals surface area (Å²) >= 11 is 1.78. The zero-order valence-electron chi connectivity index (χ0n) is 19.7. The molecule has 0 aromatic heterocycles. The first kappa shape index (κ1) is 29.1. The molecule has 0 fully saturated rings. The highest BCUT2D eigenvalue weighted by Crippen LogP contribution is 2.19. The van der Waals surface area contributed by atoms with Crippen LogP contribution in [0.5, 0.6) is 0 Å². The number of hydrogen-bond donors (Lipinski definition) is 2. The van der Waals surface area contributed by atoms with Gasteiger partial charge in [-0.3, -0.25) is 14.4 Å². The summed E-state index contributed by atoms with van der Waals surface area (Å²) in [5.41, 5.74) is 5.54. The summed E-state index contributed by atoms with van der Waals surface area (Å²) in [6.45, 7) is 8.94. The molecule has 30 heavy (non-hydrogen) atoms. The molecule has 0 aliphatic rings. The van der Waals surface area contributed by atoms with Gasteiger partial charge in [0.15, 0.2) is 5.78 Å². The maximum atomic E-state index is 13.0. The molecule has 0 unspecified atom stereocenters. The average molecular weight is 445 g/mol. The minimum Gasteiger partial charge on any atom is -0.384 e. The molecular weight excluding hydrogens is 400 g/mol. The molecule has 6 nitrogen and oxygen atoms in total. The molecule has 3 N–H and O–H groups in total. The molecule has 0 saturated heterocycles. The molecule has 0 rings (SSSR count). The van der Waals surface area contributed by atoms with Crippen LogP contribution >= 0.6 is 11.8 Å². The normalized spacial score (nSPS) is 14.4. The van der Waals surface area contributed by atoms with Crippen LogP contribution in [0.25, 0.3) is 0 Å². The first-order chi connectivity index (χ1) is 14.3. The summed E-state index contributed by atoms with van der Waals surface area (Å²) < 4.78 is 5.05. The molecule has 0 radical (unpaired) electrons. The van der Waals surface area contributed by atoms with Gasteiger partial charge in [0.25, 0.3) is 0 Å². The minimum atomic E-state index is -0.524. The zero-order chi connectivity index (χ0) is 22.9. The molecule has 7 heteroatoms. The average Bonchev–Trinajstić information content (AvgIpc) is 2.68. The molecule has 0 bridgehead atoms. The van der Waals surface area contributed by atoms with Gasteiger partial charge in [0.2, 0.25) is 5.91 Å². The van der Waals surface area contributed by atoms with Crippen LogP contribution in [0.15, 0.2) is 0 Å². The summed E-state index contributed by atoms with van der Waals surface area (Å²) in [6.07, 6.45) is 4.69. The van der Waals surface area contributed by atoms with Crippen LogP contribution in [0.4, 0.5) is 0 Å². The van der Waals surface area contributed by atoms with Gasteiger partial charge in [-0.05, 0) is 57.2 Å². The second-order valence-corrected chi connectivity index (χ2v) is 9.68. The van der Waals surface area contributed by atoms with Crippen LogP contribution in [0.2, 0.25) is 0 Å². The molecule has 3 atom stereocenters. The number of Topliss-reactive ketones (excluding diaryl/α,β-unsaturated/α-hetero) is 2. The quantitative estimate of drug-likeness (QED) is 0.295. The summed E-state index contributed by atoms with van der Waals surface area (Å²) in [5, 5.41) is 3.01. The maximum Gasteiger partial charge on any atom is 0.223 e. The minimum absolute atomic E-state index is 0.0330. The molecule has 0 aliphatic heterocycles. The maximum absolute atomic E-state index is 13.0. The predicted octanol–water partition coefficient (Wildman–Crippen LogP) is 3.61. The SMILES string of the molecule is CC[C@@H](CCSCCOC)C(=O)N[C@@H](CC(C)C)C(=O)C[C@@H](CCCCN)C(C)=O. The molecule has 0 aliphatic carbocycles. The number of amides is 1. The molecule has 0 spiro atoms. The molecule has 0 aromatic carbocycles. The Morgan fingerprint density at radius 3 is 2.30 bits per heavy atom. The van der Waals surface area contributed by atoms with Gasteiger partial charge in [-0.15, -0.1) is 0 Å². The Bertz CT molecular complexity index is 500. The van der Waals surface area contributed by atoms with E-state index in [4.69, 9.17) is 10.5 Å². The van der Waals surface area contributed by atoms with E-state index >= 15 is 0 Å².